The molecule has 0 aromatic heterocycles. The van der Waals surface area contributed by atoms with E-state index < -0.39 is 16.0 Å². The average Bonchev–Trinajstić information content (AvgIpc) is 2.52. The van der Waals surface area contributed by atoms with Crippen molar-refractivity contribution >= 4 is 16.0 Å². The second-order valence-electron chi connectivity index (χ2n) is 4.87. The van der Waals surface area contributed by atoms with Gasteiger partial charge in [-0.25, -0.2) is 18.4 Å². The van der Waals surface area contributed by atoms with Crippen LogP contribution in [-0.2, 0) is 14.8 Å². The van der Waals surface area contributed by atoms with Gasteiger partial charge in [0.05, 0.1) is 10.5 Å². The third-order valence-electron chi connectivity index (χ3n) is 3.02. The highest BCUT2D eigenvalue weighted by Gasteiger charge is 2.11. The van der Waals surface area contributed by atoms with Crippen LogP contribution in [0.1, 0.15) is 15.9 Å². The first-order valence-corrected chi connectivity index (χ1v) is 8.40. The van der Waals surface area contributed by atoms with E-state index >= 15 is 0 Å². The Labute approximate surface area is 134 Å². The summed E-state index contributed by atoms with van der Waals surface area (Å²) in [5, 5.41) is 4.99. The Morgan fingerprint density at radius 1 is 1.00 bits per heavy atom. The average molecular weight is 335 g/mol. The number of aryl methyl sites for hydroxylation is 1. The highest BCUT2D eigenvalue weighted by atomic mass is 32.2. The predicted molar refractivity (Wildman–Crippen MR) is 84.8 cm³/mol. The SMILES string of the molecule is Cc1ccc(OCCOC(=O)c2ccc(S(N)(=O)=O)cc2)cc1. The highest BCUT2D eigenvalue weighted by molar-refractivity contribution is 7.89. The van der Waals surface area contributed by atoms with Crippen LogP contribution in [0.25, 0.3) is 0 Å². The number of carbonyl (C=O) groups excluding carboxylic acids is 1. The lowest BCUT2D eigenvalue weighted by molar-refractivity contribution is 0.0450. The van der Waals surface area contributed by atoms with Gasteiger partial charge in [-0.15, -0.1) is 0 Å². The molecule has 7 heteroatoms. The van der Waals surface area contributed by atoms with E-state index in [1.165, 1.54) is 24.3 Å². The van der Waals surface area contributed by atoms with Crippen molar-refractivity contribution in [1.82, 2.24) is 0 Å². The zero-order valence-electron chi connectivity index (χ0n) is 12.6. The molecule has 23 heavy (non-hydrogen) atoms. The van der Waals surface area contributed by atoms with Gasteiger partial charge in [-0.3, -0.25) is 0 Å². The van der Waals surface area contributed by atoms with E-state index in [9.17, 15) is 13.2 Å². The molecule has 6 nitrogen and oxygen atoms in total. The van der Waals surface area contributed by atoms with Crippen LogP contribution >= 0.6 is 0 Å². The van der Waals surface area contributed by atoms with Crippen molar-refractivity contribution in [2.75, 3.05) is 13.2 Å². The van der Waals surface area contributed by atoms with Crippen LogP contribution in [0, 0.1) is 6.92 Å². The van der Waals surface area contributed by atoms with E-state index in [4.69, 9.17) is 14.6 Å². The fourth-order valence-electron chi connectivity index (χ4n) is 1.79. The van der Waals surface area contributed by atoms with Crippen LogP contribution in [0.2, 0.25) is 0 Å². The van der Waals surface area contributed by atoms with Crippen LogP contribution in [0.4, 0.5) is 0 Å². The van der Waals surface area contributed by atoms with Crippen LogP contribution in [-0.4, -0.2) is 27.6 Å². The summed E-state index contributed by atoms with van der Waals surface area (Å²) in [5.41, 5.74) is 1.37. The minimum absolute atomic E-state index is 0.0586. The number of primary sulfonamides is 1. The van der Waals surface area contributed by atoms with Crippen molar-refractivity contribution in [3.05, 3.63) is 59.7 Å². The van der Waals surface area contributed by atoms with Crippen molar-refractivity contribution in [2.24, 2.45) is 5.14 Å². The molecule has 0 heterocycles. The molecule has 0 spiro atoms. The molecule has 0 fully saturated rings. The summed E-state index contributed by atoms with van der Waals surface area (Å²) >= 11 is 0. The van der Waals surface area contributed by atoms with E-state index in [0.29, 0.717) is 5.75 Å². The number of benzene rings is 2. The molecule has 2 aromatic rings. The van der Waals surface area contributed by atoms with Gasteiger partial charge in [0.1, 0.15) is 19.0 Å². The predicted octanol–water partition coefficient (Wildman–Crippen LogP) is 1.88. The lowest BCUT2D eigenvalue weighted by Crippen LogP contribution is -2.14. The Hall–Kier alpha value is -2.38. The topological polar surface area (TPSA) is 95.7 Å². The second-order valence-corrected chi connectivity index (χ2v) is 6.43. The molecule has 0 aliphatic heterocycles. The molecule has 0 amide bonds. The monoisotopic (exact) mass is 335 g/mol. The minimum atomic E-state index is -3.77. The summed E-state index contributed by atoms with van der Waals surface area (Å²) in [6.45, 7) is 2.29. The molecule has 0 aliphatic carbocycles. The first-order chi connectivity index (χ1) is 10.9. The van der Waals surface area contributed by atoms with Crippen molar-refractivity contribution in [3.63, 3.8) is 0 Å². The van der Waals surface area contributed by atoms with Gasteiger partial charge in [0.25, 0.3) is 0 Å². The summed E-state index contributed by atoms with van der Waals surface area (Å²) < 4.78 is 32.7. The van der Waals surface area contributed by atoms with Gasteiger partial charge in [-0.2, -0.15) is 0 Å². The number of esters is 1. The molecule has 2 rings (SSSR count). The Kier molecular flexibility index (Phi) is 5.36. The molecule has 122 valence electrons. The van der Waals surface area contributed by atoms with E-state index in [1.54, 1.807) is 0 Å². The first kappa shape index (κ1) is 17.0. The van der Waals surface area contributed by atoms with Crippen molar-refractivity contribution in [1.29, 1.82) is 0 Å². The molecule has 0 atom stereocenters. The zero-order chi connectivity index (χ0) is 16.9. The highest BCUT2D eigenvalue weighted by Crippen LogP contribution is 2.12. The normalized spacial score (nSPS) is 11.0. The van der Waals surface area contributed by atoms with Gasteiger partial charge in [-0.05, 0) is 43.3 Å². The molecule has 0 unspecified atom stereocenters. The number of carbonyl (C=O) groups is 1. The van der Waals surface area contributed by atoms with Crippen LogP contribution in [0.5, 0.6) is 5.75 Å². The van der Waals surface area contributed by atoms with Gasteiger partial charge in [0.2, 0.25) is 10.0 Å². The number of hydrogen-bond donors (Lipinski definition) is 1. The Morgan fingerprint density at radius 3 is 2.17 bits per heavy atom. The zero-order valence-corrected chi connectivity index (χ0v) is 13.4. The van der Waals surface area contributed by atoms with Gasteiger partial charge in [0.15, 0.2) is 0 Å². The Balaban J connectivity index is 1.81. The molecule has 0 bridgehead atoms. The van der Waals surface area contributed by atoms with Crippen molar-refractivity contribution < 1.29 is 22.7 Å². The largest absolute Gasteiger partial charge is 0.490 e. The molecular weight excluding hydrogens is 318 g/mol. The summed E-state index contributed by atoms with van der Waals surface area (Å²) in [6.07, 6.45) is 0. The van der Waals surface area contributed by atoms with Gasteiger partial charge in [0, 0.05) is 0 Å². The number of nitrogens with two attached hydrogens (primary N) is 1. The summed E-state index contributed by atoms with van der Waals surface area (Å²) in [7, 11) is -3.77. The molecule has 0 saturated heterocycles. The fraction of sp³-hybridized carbons (Fsp3) is 0.188. The number of hydrogen-bond acceptors (Lipinski definition) is 5. The maximum absolute atomic E-state index is 11.8. The smallest absolute Gasteiger partial charge is 0.338 e. The van der Waals surface area contributed by atoms with Gasteiger partial charge >= 0.3 is 5.97 Å². The Morgan fingerprint density at radius 2 is 1.61 bits per heavy atom. The quantitative estimate of drug-likeness (QED) is 0.642. The fourth-order valence-corrected chi connectivity index (χ4v) is 2.31. The van der Waals surface area contributed by atoms with Crippen LogP contribution in [0.3, 0.4) is 0 Å². The van der Waals surface area contributed by atoms with E-state index in [2.05, 4.69) is 0 Å². The molecule has 0 saturated carbocycles. The lowest BCUT2D eigenvalue weighted by Gasteiger charge is -2.08. The number of ether oxygens (including phenoxy) is 2. The van der Waals surface area contributed by atoms with Gasteiger partial charge in [-0.1, -0.05) is 17.7 Å². The lowest BCUT2D eigenvalue weighted by atomic mass is 10.2. The third-order valence-corrected chi connectivity index (χ3v) is 3.95. The van der Waals surface area contributed by atoms with Crippen LogP contribution < -0.4 is 9.88 Å². The standard InChI is InChI=1S/C16H17NO5S/c1-12-2-6-14(7-3-12)21-10-11-22-16(18)13-4-8-15(9-5-13)23(17,19)20/h2-9H,10-11H2,1H3,(H2,17,19,20). The summed E-state index contributed by atoms with van der Waals surface area (Å²) in [5.74, 6) is 0.141. The van der Waals surface area contributed by atoms with Gasteiger partial charge < -0.3 is 9.47 Å². The van der Waals surface area contributed by atoms with E-state index in [0.717, 1.165) is 5.56 Å². The third kappa shape index (κ3) is 5.08. The maximum atomic E-state index is 11.8. The molecule has 0 aliphatic rings. The molecule has 0 radical (unpaired) electrons. The Bertz CT molecular complexity index is 767. The maximum Gasteiger partial charge on any atom is 0.338 e. The summed E-state index contributed by atoms with van der Waals surface area (Å²) in [4.78, 5) is 11.7. The molecule has 2 aromatic carbocycles. The number of rotatable bonds is 6. The van der Waals surface area contributed by atoms with Crippen LogP contribution in [0.15, 0.2) is 53.4 Å². The minimum Gasteiger partial charge on any atom is -0.490 e. The molecular formula is C16H17NO5S. The molecule has 2 N–H and O–H groups in total. The second kappa shape index (κ2) is 7.26. The summed E-state index contributed by atoms with van der Waals surface area (Å²) in [6, 6.07) is 12.7. The van der Waals surface area contributed by atoms with E-state index in [1.807, 2.05) is 31.2 Å². The van der Waals surface area contributed by atoms with Crippen molar-refractivity contribution in [2.45, 2.75) is 11.8 Å². The first-order valence-electron chi connectivity index (χ1n) is 6.86. The van der Waals surface area contributed by atoms with Crippen molar-refractivity contribution in [3.8, 4) is 5.75 Å². The number of sulfonamides is 1. The van der Waals surface area contributed by atoms with E-state index in [-0.39, 0.29) is 23.7 Å².